The quantitative estimate of drug-likeness (QED) is 0.419. The van der Waals surface area contributed by atoms with Gasteiger partial charge in [-0.3, -0.25) is 19.2 Å². The van der Waals surface area contributed by atoms with Crippen molar-refractivity contribution < 1.29 is 38.1 Å². The van der Waals surface area contributed by atoms with Crippen LogP contribution >= 0.6 is 0 Å². The van der Waals surface area contributed by atoms with E-state index in [1.54, 1.807) is 33.8 Å². The molecule has 0 fully saturated rings. The van der Waals surface area contributed by atoms with Gasteiger partial charge in [-0.05, 0) is 31.0 Å². The van der Waals surface area contributed by atoms with Gasteiger partial charge in [0.25, 0.3) is 0 Å². The van der Waals surface area contributed by atoms with Gasteiger partial charge in [0.15, 0.2) is 11.5 Å². The Hall–Kier alpha value is -2.94. The van der Waals surface area contributed by atoms with Crippen molar-refractivity contribution in [1.29, 1.82) is 0 Å². The first-order valence-corrected chi connectivity index (χ1v) is 9.86. The van der Waals surface area contributed by atoms with Gasteiger partial charge < -0.3 is 24.7 Å². The summed E-state index contributed by atoms with van der Waals surface area (Å²) in [5, 5.41) is 0. The first-order chi connectivity index (χ1) is 14.2. The summed E-state index contributed by atoms with van der Waals surface area (Å²) in [6.45, 7) is 6.44. The van der Waals surface area contributed by atoms with Crippen LogP contribution in [0.2, 0.25) is 0 Å². The predicted octanol–water partition coefficient (Wildman–Crippen LogP) is 2.07. The number of hydrogen-bond acceptors (Lipinski definition) is 9. The number of hydrogen-bond donors (Lipinski definition) is 1. The van der Waals surface area contributed by atoms with E-state index in [1.165, 1.54) is 12.1 Å². The summed E-state index contributed by atoms with van der Waals surface area (Å²) in [6.07, 6.45) is 0.0394. The van der Waals surface area contributed by atoms with Crippen LogP contribution < -0.4 is 15.2 Å². The molecule has 0 aliphatic heterocycles. The molecule has 0 saturated carbocycles. The van der Waals surface area contributed by atoms with Gasteiger partial charge in [-0.2, -0.15) is 0 Å². The largest absolute Gasteiger partial charge is 0.461 e. The third-order valence-electron chi connectivity index (χ3n) is 3.87. The Morgan fingerprint density at radius 1 is 0.900 bits per heavy atom. The van der Waals surface area contributed by atoms with Crippen molar-refractivity contribution in [2.24, 2.45) is 5.73 Å². The molecule has 0 spiro atoms. The molecule has 1 aromatic rings. The molecule has 0 unspecified atom stereocenters. The Bertz CT molecular complexity index is 761. The summed E-state index contributed by atoms with van der Waals surface area (Å²) in [7, 11) is 0. The fourth-order valence-electron chi connectivity index (χ4n) is 2.22. The van der Waals surface area contributed by atoms with E-state index in [-0.39, 0.29) is 49.8 Å². The molecule has 0 saturated heterocycles. The van der Waals surface area contributed by atoms with Crippen LogP contribution in [0.3, 0.4) is 0 Å². The standard InChI is InChI=1S/C21H29NO8/c1-5-18(23)28-13(4)12-27-21(26)15(22)10-14-8-9-16(29-19(24)6-2)17(11-14)30-20(25)7-3/h8-9,11,13,15H,5-7,10,12,22H2,1-4H3/t13-,15-/m0/s1. The molecule has 0 aliphatic rings. The highest BCUT2D eigenvalue weighted by Crippen LogP contribution is 2.29. The molecule has 0 aromatic heterocycles. The molecule has 30 heavy (non-hydrogen) atoms. The molecule has 166 valence electrons. The summed E-state index contributed by atoms with van der Waals surface area (Å²) in [6, 6.07) is 3.59. The number of nitrogens with two attached hydrogens (primary N) is 1. The van der Waals surface area contributed by atoms with E-state index in [1.807, 2.05) is 0 Å². The van der Waals surface area contributed by atoms with E-state index < -0.39 is 30.1 Å². The number of ether oxygens (including phenoxy) is 4. The molecule has 1 rings (SSSR count). The number of rotatable bonds is 11. The maximum Gasteiger partial charge on any atom is 0.323 e. The highest BCUT2D eigenvalue weighted by atomic mass is 16.6. The van der Waals surface area contributed by atoms with E-state index in [9.17, 15) is 19.2 Å². The van der Waals surface area contributed by atoms with Crippen LogP contribution in [-0.2, 0) is 35.1 Å². The average molecular weight is 423 g/mol. The zero-order chi connectivity index (χ0) is 22.7. The van der Waals surface area contributed by atoms with Crippen molar-refractivity contribution in [3.63, 3.8) is 0 Å². The lowest BCUT2D eigenvalue weighted by atomic mass is 10.1. The highest BCUT2D eigenvalue weighted by Gasteiger charge is 2.20. The van der Waals surface area contributed by atoms with Gasteiger partial charge in [0.2, 0.25) is 0 Å². The Morgan fingerprint density at radius 3 is 2.03 bits per heavy atom. The second kappa shape index (κ2) is 12.6. The van der Waals surface area contributed by atoms with Gasteiger partial charge >= 0.3 is 23.9 Å². The average Bonchev–Trinajstić information content (AvgIpc) is 2.73. The normalized spacial score (nSPS) is 12.4. The number of benzene rings is 1. The molecular formula is C21H29NO8. The lowest BCUT2D eigenvalue weighted by Gasteiger charge is -2.16. The monoisotopic (exact) mass is 423 g/mol. The fraction of sp³-hybridized carbons (Fsp3) is 0.524. The van der Waals surface area contributed by atoms with E-state index in [0.717, 1.165) is 0 Å². The Balaban J connectivity index is 2.79. The van der Waals surface area contributed by atoms with Crippen molar-refractivity contribution in [3.05, 3.63) is 23.8 Å². The topological polar surface area (TPSA) is 131 Å². The van der Waals surface area contributed by atoms with Gasteiger partial charge in [0, 0.05) is 19.3 Å². The fourth-order valence-corrected chi connectivity index (χ4v) is 2.22. The maximum absolute atomic E-state index is 12.1. The molecule has 2 atom stereocenters. The second-order valence-electron chi connectivity index (χ2n) is 6.53. The second-order valence-corrected chi connectivity index (χ2v) is 6.53. The van der Waals surface area contributed by atoms with Crippen LogP contribution in [0.5, 0.6) is 11.5 Å². The Labute approximate surface area is 175 Å². The minimum Gasteiger partial charge on any atom is -0.461 e. The summed E-state index contributed by atoms with van der Waals surface area (Å²) >= 11 is 0. The number of carbonyl (C=O) groups excluding carboxylic acids is 4. The SMILES string of the molecule is CCC(=O)Oc1ccc(C[C@H](N)C(=O)OC[C@H](C)OC(=O)CC)cc1OC(=O)CC. The lowest BCUT2D eigenvalue weighted by molar-refractivity contribution is -0.158. The molecule has 0 radical (unpaired) electrons. The van der Waals surface area contributed by atoms with Crippen LogP contribution in [0.1, 0.15) is 52.5 Å². The van der Waals surface area contributed by atoms with Crippen LogP contribution in [0, 0.1) is 0 Å². The van der Waals surface area contributed by atoms with Crippen molar-refractivity contribution in [2.45, 2.75) is 65.5 Å². The molecule has 9 heteroatoms. The molecular weight excluding hydrogens is 394 g/mol. The van der Waals surface area contributed by atoms with Gasteiger partial charge in [0.1, 0.15) is 18.8 Å². The zero-order valence-corrected chi connectivity index (χ0v) is 17.8. The molecule has 0 heterocycles. The van der Waals surface area contributed by atoms with E-state index in [4.69, 9.17) is 24.7 Å². The zero-order valence-electron chi connectivity index (χ0n) is 17.8. The van der Waals surface area contributed by atoms with Crippen molar-refractivity contribution in [1.82, 2.24) is 0 Å². The molecule has 1 aromatic carbocycles. The van der Waals surface area contributed by atoms with Crippen molar-refractivity contribution >= 4 is 23.9 Å². The van der Waals surface area contributed by atoms with E-state index in [2.05, 4.69) is 0 Å². The number of esters is 4. The van der Waals surface area contributed by atoms with Crippen LogP contribution in [0.15, 0.2) is 18.2 Å². The first kappa shape index (κ1) is 25.1. The minimum absolute atomic E-state index is 0.0711. The molecule has 0 amide bonds. The van der Waals surface area contributed by atoms with Crippen LogP contribution in [0.4, 0.5) is 0 Å². The summed E-state index contributed by atoms with van der Waals surface area (Å²) in [5.74, 6) is -1.85. The van der Waals surface area contributed by atoms with Crippen molar-refractivity contribution in [2.75, 3.05) is 6.61 Å². The van der Waals surface area contributed by atoms with Gasteiger partial charge in [0.05, 0.1) is 0 Å². The van der Waals surface area contributed by atoms with E-state index in [0.29, 0.717) is 5.56 Å². The summed E-state index contributed by atoms with van der Waals surface area (Å²) in [5.41, 5.74) is 6.49. The van der Waals surface area contributed by atoms with Crippen LogP contribution in [0.25, 0.3) is 0 Å². The molecule has 0 aliphatic carbocycles. The van der Waals surface area contributed by atoms with E-state index >= 15 is 0 Å². The van der Waals surface area contributed by atoms with Gasteiger partial charge in [-0.25, -0.2) is 0 Å². The third kappa shape index (κ3) is 8.60. The number of carbonyl (C=O) groups is 4. The third-order valence-corrected chi connectivity index (χ3v) is 3.87. The van der Waals surface area contributed by atoms with Crippen molar-refractivity contribution in [3.8, 4) is 11.5 Å². The predicted molar refractivity (Wildman–Crippen MR) is 107 cm³/mol. The van der Waals surface area contributed by atoms with Gasteiger partial charge in [-0.15, -0.1) is 0 Å². The Kier molecular flexibility index (Phi) is 10.5. The smallest absolute Gasteiger partial charge is 0.323 e. The lowest BCUT2D eigenvalue weighted by Crippen LogP contribution is -2.36. The minimum atomic E-state index is -0.988. The molecule has 9 nitrogen and oxygen atoms in total. The maximum atomic E-state index is 12.1. The Morgan fingerprint density at radius 2 is 1.47 bits per heavy atom. The van der Waals surface area contributed by atoms with Gasteiger partial charge in [-0.1, -0.05) is 26.8 Å². The highest BCUT2D eigenvalue weighted by molar-refractivity contribution is 5.77. The first-order valence-electron chi connectivity index (χ1n) is 9.86. The summed E-state index contributed by atoms with van der Waals surface area (Å²) < 4.78 is 20.5. The van der Waals surface area contributed by atoms with Crippen LogP contribution in [-0.4, -0.2) is 42.6 Å². The molecule has 0 bridgehead atoms. The summed E-state index contributed by atoms with van der Waals surface area (Å²) in [4.78, 5) is 46.6. The molecule has 2 N–H and O–H groups in total.